The van der Waals surface area contributed by atoms with Gasteiger partial charge in [0.15, 0.2) is 5.82 Å². The molecular formula is C24H39N7O2. The number of aromatic nitrogens is 5. The lowest BCUT2D eigenvalue weighted by atomic mass is 9.73. The minimum atomic E-state index is 0.177. The van der Waals surface area contributed by atoms with Gasteiger partial charge < -0.3 is 14.8 Å². The number of hydrogen-bond donors (Lipinski definition) is 1. The summed E-state index contributed by atoms with van der Waals surface area (Å²) in [7, 11) is 3.56. The lowest BCUT2D eigenvalue weighted by Gasteiger charge is -2.40. The van der Waals surface area contributed by atoms with Crippen LogP contribution in [0, 0.1) is 12.3 Å². The van der Waals surface area contributed by atoms with Crippen LogP contribution < -0.4 is 5.32 Å². The number of nitrogens with one attached hydrogen (secondary N) is 1. The normalized spacial score (nSPS) is 28.5. The summed E-state index contributed by atoms with van der Waals surface area (Å²) in [5.74, 6) is 3.44. The number of methoxy groups -OCH3 is 2. The Labute approximate surface area is 197 Å². The third-order valence-corrected chi connectivity index (χ3v) is 7.17. The Morgan fingerprint density at radius 1 is 1.09 bits per heavy atom. The van der Waals surface area contributed by atoms with Crippen molar-refractivity contribution in [2.24, 2.45) is 5.41 Å². The van der Waals surface area contributed by atoms with Gasteiger partial charge in [-0.05, 0) is 50.2 Å². The van der Waals surface area contributed by atoms with Crippen LogP contribution in [0.5, 0.6) is 0 Å². The average Bonchev–Trinajstić information content (AvgIpc) is 3.38. The quantitative estimate of drug-likeness (QED) is 0.646. The molecule has 0 radical (unpaired) electrons. The highest BCUT2D eigenvalue weighted by atomic mass is 16.5. The highest BCUT2D eigenvalue weighted by Crippen LogP contribution is 2.38. The molecule has 9 nitrogen and oxygen atoms in total. The lowest BCUT2D eigenvalue weighted by molar-refractivity contribution is -0.00461. The van der Waals surface area contributed by atoms with E-state index in [1.54, 1.807) is 18.9 Å². The summed E-state index contributed by atoms with van der Waals surface area (Å²) < 4.78 is 13.0. The second-order valence-electron chi connectivity index (χ2n) is 10.3. The van der Waals surface area contributed by atoms with Gasteiger partial charge in [0.25, 0.3) is 0 Å². The number of likely N-dealkylation sites (tertiary alicyclic amines) is 1. The van der Waals surface area contributed by atoms with Crippen LogP contribution in [0.25, 0.3) is 5.82 Å². The Morgan fingerprint density at radius 3 is 2.30 bits per heavy atom. The number of ether oxygens (including phenoxy) is 2. The van der Waals surface area contributed by atoms with E-state index >= 15 is 0 Å². The molecule has 4 rings (SSSR count). The average molecular weight is 458 g/mol. The Hall–Kier alpha value is -2.10. The van der Waals surface area contributed by atoms with Crippen LogP contribution in [-0.2, 0) is 9.47 Å². The van der Waals surface area contributed by atoms with Crippen molar-refractivity contribution in [3.8, 4) is 5.82 Å². The van der Waals surface area contributed by atoms with Crippen molar-refractivity contribution in [3.05, 3.63) is 23.8 Å². The molecule has 2 atom stereocenters. The second kappa shape index (κ2) is 10.0. The molecule has 1 aliphatic heterocycles. The smallest absolute Gasteiger partial charge is 0.177 e. The first-order chi connectivity index (χ1) is 15.8. The van der Waals surface area contributed by atoms with E-state index in [1.165, 1.54) is 12.8 Å². The Kier molecular flexibility index (Phi) is 7.31. The first-order valence-corrected chi connectivity index (χ1v) is 12.1. The van der Waals surface area contributed by atoms with E-state index in [4.69, 9.17) is 9.47 Å². The first-order valence-electron chi connectivity index (χ1n) is 12.1. The molecule has 182 valence electrons. The van der Waals surface area contributed by atoms with Crippen LogP contribution in [0.15, 0.2) is 12.1 Å². The predicted octanol–water partition coefficient (Wildman–Crippen LogP) is 3.20. The van der Waals surface area contributed by atoms with Gasteiger partial charge in [-0.3, -0.25) is 4.90 Å². The minimum Gasteiger partial charge on any atom is -0.377 e. The van der Waals surface area contributed by atoms with Gasteiger partial charge in [-0.25, -0.2) is 4.98 Å². The molecule has 1 N–H and O–H groups in total. The van der Waals surface area contributed by atoms with Crippen LogP contribution in [0.1, 0.15) is 64.0 Å². The molecule has 33 heavy (non-hydrogen) atoms. The van der Waals surface area contributed by atoms with Crippen molar-refractivity contribution >= 4 is 5.82 Å². The zero-order valence-electron chi connectivity index (χ0n) is 20.9. The molecule has 2 aromatic heterocycles. The highest BCUT2D eigenvalue weighted by Gasteiger charge is 2.38. The van der Waals surface area contributed by atoms with Gasteiger partial charge >= 0.3 is 0 Å². The van der Waals surface area contributed by atoms with Gasteiger partial charge in [0, 0.05) is 45.8 Å². The molecule has 2 aromatic rings. The Morgan fingerprint density at radius 2 is 1.76 bits per heavy atom. The highest BCUT2D eigenvalue weighted by molar-refractivity contribution is 5.37. The van der Waals surface area contributed by atoms with Gasteiger partial charge in [0.1, 0.15) is 17.5 Å². The number of anilines is 1. The van der Waals surface area contributed by atoms with Crippen LogP contribution in [-0.4, -0.2) is 82.0 Å². The number of hydrogen-bond acceptors (Lipinski definition) is 8. The Bertz CT molecular complexity index is 894. The van der Waals surface area contributed by atoms with Gasteiger partial charge in [0.05, 0.1) is 12.2 Å². The van der Waals surface area contributed by atoms with Crippen molar-refractivity contribution in [3.63, 3.8) is 0 Å². The van der Waals surface area contributed by atoms with Crippen molar-refractivity contribution in [2.45, 2.75) is 77.5 Å². The topological polar surface area (TPSA) is 90.2 Å². The summed E-state index contributed by atoms with van der Waals surface area (Å²) >= 11 is 0. The molecule has 0 unspecified atom stereocenters. The fraction of sp³-hybridized carbons (Fsp3) is 0.750. The third kappa shape index (κ3) is 5.53. The SMILES string of the molecule is CO[C@@H]1CN(CC2(C)CCC(Nc3ccc(-n4nc(C)nc4C(C)C)nn3)CC2)C[C@H]1OC. The van der Waals surface area contributed by atoms with E-state index in [0.29, 0.717) is 17.3 Å². The molecule has 1 aliphatic carbocycles. The Balaban J connectivity index is 1.30. The fourth-order valence-corrected chi connectivity index (χ4v) is 5.26. The summed E-state index contributed by atoms with van der Waals surface area (Å²) in [6.45, 7) is 11.6. The molecule has 0 spiro atoms. The van der Waals surface area contributed by atoms with E-state index in [9.17, 15) is 0 Å². The third-order valence-electron chi connectivity index (χ3n) is 7.17. The van der Waals surface area contributed by atoms with E-state index in [0.717, 1.165) is 49.9 Å². The molecule has 0 aromatic carbocycles. The molecule has 0 bridgehead atoms. The van der Waals surface area contributed by atoms with Crippen molar-refractivity contribution in [1.82, 2.24) is 29.9 Å². The summed E-state index contributed by atoms with van der Waals surface area (Å²) in [5.41, 5.74) is 0.326. The van der Waals surface area contributed by atoms with Gasteiger partial charge in [-0.15, -0.1) is 15.3 Å². The summed E-state index contributed by atoms with van der Waals surface area (Å²) in [5, 5.41) is 16.9. The van der Waals surface area contributed by atoms with Crippen LogP contribution >= 0.6 is 0 Å². The van der Waals surface area contributed by atoms with Crippen molar-refractivity contribution in [2.75, 3.05) is 39.2 Å². The van der Waals surface area contributed by atoms with Crippen molar-refractivity contribution < 1.29 is 9.47 Å². The molecule has 0 amide bonds. The fourth-order valence-electron chi connectivity index (χ4n) is 5.26. The maximum atomic E-state index is 5.61. The summed E-state index contributed by atoms with van der Waals surface area (Å²) in [4.78, 5) is 7.03. The zero-order chi connectivity index (χ0) is 23.6. The predicted molar refractivity (Wildman–Crippen MR) is 128 cm³/mol. The molecule has 2 aliphatic rings. The molecule has 9 heteroatoms. The second-order valence-corrected chi connectivity index (χ2v) is 10.3. The van der Waals surface area contributed by atoms with Gasteiger partial charge in [-0.1, -0.05) is 20.8 Å². The first kappa shape index (κ1) is 24.0. The van der Waals surface area contributed by atoms with Gasteiger partial charge in [0.2, 0.25) is 0 Å². The molecule has 3 heterocycles. The lowest BCUT2D eigenvalue weighted by Crippen LogP contribution is -2.40. The summed E-state index contributed by atoms with van der Waals surface area (Å²) in [6, 6.07) is 4.39. The molecule has 1 saturated heterocycles. The monoisotopic (exact) mass is 457 g/mol. The molecular weight excluding hydrogens is 418 g/mol. The zero-order valence-corrected chi connectivity index (χ0v) is 20.9. The molecule has 2 fully saturated rings. The number of rotatable bonds is 8. The van der Waals surface area contributed by atoms with Crippen LogP contribution in [0.4, 0.5) is 5.82 Å². The van der Waals surface area contributed by atoms with E-state index in [1.807, 2.05) is 19.1 Å². The van der Waals surface area contributed by atoms with Crippen molar-refractivity contribution in [1.29, 1.82) is 0 Å². The van der Waals surface area contributed by atoms with E-state index < -0.39 is 0 Å². The standard InChI is InChI=1S/C24H39N7O2/c1-16(2)23-25-17(3)29-31(23)22-8-7-21(27-28-22)26-18-9-11-24(4,12-10-18)15-30-13-19(32-5)20(14-30)33-6/h7-8,16,18-20H,9-15H2,1-6H3,(H,26,27)/t18?,19-,20-,24?/m1/s1. The van der Waals surface area contributed by atoms with Crippen LogP contribution in [0.3, 0.4) is 0 Å². The van der Waals surface area contributed by atoms with E-state index in [-0.39, 0.29) is 18.1 Å². The number of nitrogens with zero attached hydrogens (tertiary/aromatic N) is 6. The maximum absolute atomic E-state index is 5.61. The van der Waals surface area contributed by atoms with Crippen LogP contribution in [0.2, 0.25) is 0 Å². The van der Waals surface area contributed by atoms with Gasteiger partial charge in [-0.2, -0.15) is 4.68 Å². The number of aryl methyl sites for hydroxylation is 1. The summed E-state index contributed by atoms with van der Waals surface area (Å²) in [6.07, 6.45) is 5.01. The van der Waals surface area contributed by atoms with E-state index in [2.05, 4.69) is 51.3 Å². The maximum Gasteiger partial charge on any atom is 0.177 e. The largest absolute Gasteiger partial charge is 0.377 e. The molecule has 1 saturated carbocycles. The minimum absolute atomic E-state index is 0.177.